The second kappa shape index (κ2) is 11.6. The average molecular weight is 390 g/mol. The number of rotatable bonds is 6. The van der Waals surface area contributed by atoms with Crippen molar-refractivity contribution in [3.63, 3.8) is 0 Å². The van der Waals surface area contributed by atoms with Crippen molar-refractivity contribution in [2.45, 2.75) is 40.0 Å². The van der Waals surface area contributed by atoms with Crippen LogP contribution in [0.25, 0.3) is 0 Å². The third kappa shape index (κ3) is 7.85. The van der Waals surface area contributed by atoms with E-state index in [1.807, 2.05) is 19.1 Å². The molecule has 0 radical (unpaired) electrons. The summed E-state index contributed by atoms with van der Waals surface area (Å²) in [5, 5.41) is 3.01. The van der Waals surface area contributed by atoms with E-state index < -0.39 is 0 Å². The molecular weight excluding hydrogens is 357 g/mol. The van der Waals surface area contributed by atoms with Gasteiger partial charge in [-0.15, -0.1) is 24.8 Å². The number of amides is 1. The van der Waals surface area contributed by atoms with Gasteiger partial charge in [0.05, 0.1) is 0 Å². The molecule has 2 rings (SSSR count). The smallest absolute Gasteiger partial charge is 0.251 e. The first-order valence-corrected chi connectivity index (χ1v) is 8.82. The number of anilines is 1. The maximum atomic E-state index is 12.2. The maximum absolute atomic E-state index is 12.2. The number of hydrogen-bond acceptors (Lipinski definition) is 3. The third-order valence-electron chi connectivity index (χ3n) is 4.64. The lowest BCUT2D eigenvalue weighted by atomic mass is 9.92. The third-order valence-corrected chi connectivity index (χ3v) is 4.64. The second-order valence-electron chi connectivity index (χ2n) is 7.24. The van der Waals surface area contributed by atoms with Crippen LogP contribution in [0.1, 0.15) is 49.0 Å². The van der Waals surface area contributed by atoms with Crippen LogP contribution in [0.4, 0.5) is 5.69 Å². The molecule has 1 heterocycles. The number of piperidine rings is 1. The molecule has 0 saturated carbocycles. The molecule has 2 unspecified atom stereocenters. The fourth-order valence-electron chi connectivity index (χ4n) is 3.62. The van der Waals surface area contributed by atoms with Gasteiger partial charge in [0.1, 0.15) is 0 Å². The summed E-state index contributed by atoms with van der Waals surface area (Å²) in [4.78, 5) is 14.8. The minimum atomic E-state index is -0.0185. The van der Waals surface area contributed by atoms with Crippen LogP contribution in [0.3, 0.4) is 0 Å². The molecule has 2 atom stereocenters. The molecule has 1 aliphatic rings. The summed E-state index contributed by atoms with van der Waals surface area (Å²) in [6.07, 6.45) is 3.51. The largest absolute Gasteiger partial charge is 0.399 e. The highest BCUT2D eigenvalue weighted by Gasteiger charge is 2.20. The predicted molar refractivity (Wildman–Crippen MR) is 111 cm³/mol. The monoisotopic (exact) mass is 389 g/mol. The molecule has 0 bridgehead atoms. The molecule has 1 saturated heterocycles. The van der Waals surface area contributed by atoms with E-state index in [0.717, 1.165) is 43.3 Å². The van der Waals surface area contributed by atoms with E-state index in [1.54, 1.807) is 6.07 Å². The van der Waals surface area contributed by atoms with Gasteiger partial charge >= 0.3 is 0 Å². The molecule has 6 heteroatoms. The minimum absolute atomic E-state index is 0. The van der Waals surface area contributed by atoms with E-state index in [1.165, 1.54) is 19.5 Å². The lowest BCUT2D eigenvalue weighted by Gasteiger charge is -2.34. The Hall–Kier alpha value is -0.970. The van der Waals surface area contributed by atoms with Crippen LogP contribution in [-0.2, 0) is 0 Å². The number of nitrogens with one attached hydrogen (secondary N) is 1. The highest BCUT2D eigenvalue weighted by molar-refractivity contribution is 5.96. The highest BCUT2D eigenvalue weighted by atomic mass is 35.5. The number of carbonyl (C=O) groups excluding carboxylic acids is 1. The van der Waals surface area contributed by atoms with Crippen LogP contribution >= 0.6 is 24.8 Å². The van der Waals surface area contributed by atoms with Gasteiger partial charge in [0.15, 0.2) is 0 Å². The lowest BCUT2D eigenvalue weighted by Crippen LogP contribution is -2.39. The highest BCUT2D eigenvalue weighted by Crippen LogP contribution is 2.21. The van der Waals surface area contributed by atoms with Crippen molar-refractivity contribution >= 4 is 36.4 Å². The Balaban J connectivity index is 0.00000288. The Morgan fingerprint density at radius 3 is 2.48 bits per heavy atom. The van der Waals surface area contributed by atoms with Crippen LogP contribution in [0, 0.1) is 18.8 Å². The van der Waals surface area contributed by atoms with Gasteiger partial charge in [-0.05, 0) is 62.3 Å². The van der Waals surface area contributed by atoms with Crippen molar-refractivity contribution in [2.24, 2.45) is 11.8 Å². The number of aryl methyl sites for hydroxylation is 1. The summed E-state index contributed by atoms with van der Waals surface area (Å²) < 4.78 is 0. The maximum Gasteiger partial charge on any atom is 0.251 e. The fraction of sp³-hybridized carbons (Fsp3) is 0.632. The number of nitrogen functional groups attached to an aromatic ring is 1. The summed E-state index contributed by atoms with van der Waals surface area (Å²) in [6.45, 7) is 10.9. The molecule has 0 aliphatic carbocycles. The molecule has 3 N–H and O–H groups in total. The van der Waals surface area contributed by atoms with Gasteiger partial charge < -0.3 is 16.0 Å². The first kappa shape index (κ1) is 24.0. The number of nitrogens with two attached hydrogens (primary N) is 1. The van der Waals surface area contributed by atoms with Crippen molar-refractivity contribution in [1.82, 2.24) is 10.2 Å². The number of halogens is 2. The number of likely N-dealkylation sites (tertiary alicyclic amines) is 1. The van der Waals surface area contributed by atoms with Gasteiger partial charge in [0.2, 0.25) is 0 Å². The molecule has 0 spiro atoms. The molecule has 1 aromatic carbocycles. The molecule has 4 nitrogen and oxygen atoms in total. The van der Waals surface area contributed by atoms with Crippen LogP contribution in [0.15, 0.2) is 18.2 Å². The summed E-state index contributed by atoms with van der Waals surface area (Å²) in [5.41, 5.74) is 8.04. The van der Waals surface area contributed by atoms with Crippen molar-refractivity contribution in [3.05, 3.63) is 29.3 Å². The van der Waals surface area contributed by atoms with Crippen LogP contribution in [0.5, 0.6) is 0 Å². The van der Waals surface area contributed by atoms with Gasteiger partial charge in [0, 0.05) is 30.9 Å². The molecule has 0 aromatic heterocycles. The molecule has 25 heavy (non-hydrogen) atoms. The normalized spacial score (nSPS) is 20.3. The summed E-state index contributed by atoms with van der Waals surface area (Å²) in [7, 11) is 0. The Morgan fingerprint density at radius 2 is 1.84 bits per heavy atom. The standard InChI is InChI=1S/C19H31N3O.2ClH/c1-14-10-15(2)13-22(12-14)9-5-4-8-21-19(23)18-11-17(20)7-6-16(18)3;;/h6-7,11,14-15H,4-5,8-10,12-13,20H2,1-3H3,(H,21,23);2*1H. The molecule has 1 amide bonds. The SMILES string of the molecule is Cc1ccc(N)cc1C(=O)NCCCCN1CC(C)CC(C)C1.Cl.Cl. The molecule has 1 fully saturated rings. The van der Waals surface area contributed by atoms with Crippen molar-refractivity contribution in [3.8, 4) is 0 Å². The Bertz CT molecular complexity index is 529. The number of unbranched alkanes of at least 4 members (excludes halogenated alkanes) is 1. The first-order valence-electron chi connectivity index (χ1n) is 8.82. The minimum Gasteiger partial charge on any atom is -0.399 e. The van der Waals surface area contributed by atoms with E-state index in [2.05, 4.69) is 24.1 Å². The topological polar surface area (TPSA) is 58.4 Å². The summed E-state index contributed by atoms with van der Waals surface area (Å²) in [5.74, 6) is 1.60. The van der Waals surface area contributed by atoms with E-state index >= 15 is 0 Å². The number of benzene rings is 1. The Morgan fingerprint density at radius 1 is 1.20 bits per heavy atom. The van der Waals surface area contributed by atoms with Gasteiger partial charge in [-0.3, -0.25) is 4.79 Å². The number of hydrogen-bond donors (Lipinski definition) is 2. The van der Waals surface area contributed by atoms with Gasteiger partial charge in [0.25, 0.3) is 5.91 Å². The molecular formula is C19H33Cl2N3O. The predicted octanol–water partition coefficient (Wildman–Crippen LogP) is 3.91. The van der Waals surface area contributed by atoms with Gasteiger partial charge in [-0.25, -0.2) is 0 Å². The summed E-state index contributed by atoms with van der Waals surface area (Å²) in [6, 6.07) is 5.47. The Kier molecular flexibility index (Phi) is 11.2. The Labute approximate surface area is 164 Å². The first-order chi connectivity index (χ1) is 11.0. The van der Waals surface area contributed by atoms with E-state index in [-0.39, 0.29) is 30.7 Å². The van der Waals surface area contributed by atoms with Crippen molar-refractivity contribution in [1.29, 1.82) is 0 Å². The zero-order chi connectivity index (χ0) is 16.8. The molecule has 1 aromatic rings. The van der Waals surface area contributed by atoms with E-state index in [9.17, 15) is 4.79 Å². The zero-order valence-corrected chi connectivity index (χ0v) is 17.2. The molecule has 144 valence electrons. The van der Waals surface area contributed by atoms with Gasteiger partial charge in [-0.2, -0.15) is 0 Å². The van der Waals surface area contributed by atoms with Crippen molar-refractivity contribution < 1.29 is 4.79 Å². The quantitative estimate of drug-likeness (QED) is 0.572. The van der Waals surface area contributed by atoms with Crippen LogP contribution in [-0.4, -0.2) is 37.0 Å². The molecule has 1 aliphatic heterocycles. The number of nitrogens with zero attached hydrogens (tertiary/aromatic N) is 1. The zero-order valence-electron chi connectivity index (χ0n) is 15.6. The van der Waals surface area contributed by atoms with Gasteiger partial charge in [-0.1, -0.05) is 19.9 Å². The van der Waals surface area contributed by atoms with Crippen LogP contribution < -0.4 is 11.1 Å². The fourth-order valence-corrected chi connectivity index (χ4v) is 3.62. The average Bonchev–Trinajstić information content (AvgIpc) is 2.48. The lowest BCUT2D eigenvalue weighted by molar-refractivity contribution is 0.0951. The van der Waals surface area contributed by atoms with Crippen molar-refractivity contribution in [2.75, 3.05) is 31.9 Å². The summed E-state index contributed by atoms with van der Waals surface area (Å²) >= 11 is 0. The van der Waals surface area contributed by atoms with E-state index in [4.69, 9.17) is 5.73 Å². The second-order valence-corrected chi connectivity index (χ2v) is 7.24. The van der Waals surface area contributed by atoms with Crippen LogP contribution in [0.2, 0.25) is 0 Å². The van der Waals surface area contributed by atoms with E-state index in [0.29, 0.717) is 11.3 Å². The number of carbonyl (C=O) groups is 1.